The summed E-state index contributed by atoms with van der Waals surface area (Å²) >= 11 is 0. The largest absolute Gasteiger partial charge is 0.490 e. The van der Waals surface area contributed by atoms with Gasteiger partial charge in [-0.05, 0) is 37.6 Å². The number of carbonyl (C=O) groups excluding carboxylic acids is 1. The SMILES string of the molecule is CCN1C[C@H](COC)[C@]2(CCN(C(=O)c3cc(F)c(F)cc3C)C2)C1.O=C(O)C(F)(F)F. The number of aryl methyl sites for hydroxylation is 1. The normalized spacial score (nSPS) is 23.4. The lowest BCUT2D eigenvalue weighted by atomic mass is 9.77. The summed E-state index contributed by atoms with van der Waals surface area (Å²) in [6, 6.07) is 2.12. The summed E-state index contributed by atoms with van der Waals surface area (Å²) in [5, 5.41) is 7.12. The van der Waals surface area contributed by atoms with Gasteiger partial charge in [0.2, 0.25) is 0 Å². The van der Waals surface area contributed by atoms with Crippen LogP contribution in [-0.4, -0.2) is 79.4 Å². The molecule has 1 aromatic rings. The van der Waals surface area contributed by atoms with Gasteiger partial charge in [-0.3, -0.25) is 4.79 Å². The molecule has 180 valence electrons. The van der Waals surface area contributed by atoms with Gasteiger partial charge in [-0.15, -0.1) is 0 Å². The molecule has 2 saturated heterocycles. The summed E-state index contributed by atoms with van der Waals surface area (Å²) in [7, 11) is 1.71. The molecule has 6 nitrogen and oxygen atoms in total. The van der Waals surface area contributed by atoms with Crippen LogP contribution >= 0.6 is 0 Å². The van der Waals surface area contributed by atoms with E-state index in [2.05, 4.69) is 11.8 Å². The Morgan fingerprint density at radius 1 is 1.22 bits per heavy atom. The number of amides is 1. The number of nitrogens with zero attached hydrogens (tertiary/aromatic N) is 2. The number of carbonyl (C=O) groups is 2. The molecule has 0 aromatic heterocycles. The zero-order valence-corrected chi connectivity index (χ0v) is 18.1. The van der Waals surface area contributed by atoms with E-state index in [1.165, 1.54) is 0 Å². The Hall–Kier alpha value is -2.27. The number of benzene rings is 1. The third-order valence-electron chi connectivity index (χ3n) is 6.11. The maximum absolute atomic E-state index is 13.6. The summed E-state index contributed by atoms with van der Waals surface area (Å²) in [6.45, 7) is 8.69. The van der Waals surface area contributed by atoms with Gasteiger partial charge in [0.15, 0.2) is 11.6 Å². The topological polar surface area (TPSA) is 70.1 Å². The van der Waals surface area contributed by atoms with Gasteiger partial charge in [-0.2, -0.15) is 13.2 Å². The first-order chi connectivity index (χ1) is 14.8. The first kappa shape index (κ1) is 26.0. The average Bonchev–Trinajstić information content (AvgIpc) is 3.29. The zero-order valence-electron chi connectivity index (χ0n) is 18.1. The molecule has 2 fully saturated rings. The highest BCUT2D eigenvalue weighted by Crippen LogP contribution is 2.44. The molecule has 2 atom stereocenters. The molecule has 1 spiro atoms. The molecule has 3 rings (SSSR count). The van der Waals surface area contributed by atoms with Crippen molar-refractivity contribution < 1.29 is 41.4 Å². The fraction of sp³-hybridized carbons (Fsp3) is 0.619. The Labute approximate surface area is 182 Å². The number of ether oxygens (including phenoxy) is 1. The Balaban J connectivity index is 0.000000451. The van der Waals surface area contributed by atoms with E-state index in [4.69, 9.17) is 14.6 Å². The number of aliphatic carboxylic acids is 1. The highest BCUT2D eigenvalue weighted by Gasteiger charge is 2.51. The van der Waals surface area contributed by atoms with E-state index in [1.54, 1.807) is 18.9 Å². The smallest absolute Gasteiger partial charge is 0.475 e. The van der Waals surface area contributed by atoms with E-state index in [0.29, 0.717) is 31.2 Å². The standard InChI is InChI=1S/C19H26F2N2O2.C2HF3O2/c1-4-22-9-14(10-25-3)19(11-22)5-6-23(12-19)18(24)15-8-17(21)16(20)7-13(15)2;3-2(4,5)1(6)7/h7-8,14H,4-6,9-12H2,1-3H3;(H,6,7)/t14-,19-;/m1./s1. The fourth-order valence-corrected chi connectivity index (χ4v) is 4.39. The van der Waals surface area contributed by atoms with E-state index in [9.17, 15) is 26.7 Å². The molecule has 0 radical (unpaired) electrons. The predicted octanol–water partition coefficient (Wildman–Crippen LogP) is 3.34. The van der Waals surface area contributed by atoms with Gasteiger partial charge in [0, 0.05) is 50.2 Å². The van der Waals surface area contributed by atoms with Crippen LogP contribution in [0.15, 0.2) is 12.1 Å². The molecule has 0 aliphatic carbocycles. The van der Waals surface area contributed by atoms with Crippen molar-refractivity contribution in [2.45, 2.75) is 26.4 Å². The van der Waals surface area contributed by atoms with Crippen LogP contribution in [0, 0.1) is 29.9 Å². The second-order valence-corrected chi connectivity index (χ2v) is 8.20. The minimum Gasteiger partial charge on any atom is -0.475 e. The number of carboxylic acid groups (broad SMARTS) is 1. The molecule has 1 amide bonds. The van der Waals surface area contributed by atoms with Crippen molar-refractivity contribution in [3.63, 3.8) is 0 Å². The van der Waals surface area contributed by atoms with Gasteiger partial charge in [0.05, 0.1) is 6.61 Å². The third-order valence-corrected chi connectivity index (χ3v) is 6.11. The van der Waals surface area contributed by atoms with Crippen molar-refractivity contribution in [2.75, 3.05) is 46.4 Å². The van der Waals surface area contributed by atoms with Crippen LogP contribution in [0.2, 0.25) is 0 Å². The Morgan fingerprint density at radius 2 is 1.81 bits per heavy atom. The summed E-state index contributed by atoms with van der Waals surface area (Å²) in [4.78, 5) is 26.0. The van der Waals surface area contributed by atoms with E-state index < -0.39 is 23.8 Å². The summed E-state index contributed by atoms with van der Waals surface area (Å²) in [5.41, 5.74) is 0.762. The molecule has 1 aromatic carbocycles. The number of hydrogen-bond acceptors (Lipinski definition) is 4. The van der Waals surface area contributed by atoms with Gasteiger partial charge >= 0.3 is 12.1 Å². The van der Waals surface area contributed by atoms with Crippen molar-refractivity contribution in [3.05, 3.63) is 34.9 Å². The zero-order chi connectivity index (χ0) is 24.3. The van der Waals surface area contributed by atoms with E-state index in [1.807, 2.05) is 0 Å². The van der Waals surface area contributed by atoms with Crippen molar-refractivity contribution in [1.82, 2.24) is 9.80 Å². The molecular weight excluding hydrogens is 439 g/mol. The lowest BCUT2D eigenvalue weighted by Gasteiger charge is -2.30. The molecule has 1 N–H and O–H groups in total. The Bertz CT molecular complexity index is 848. The van der Waals surface area contributed by atoms with Gasteiger partial charge < -0.3 is 19.6 Å². The monoisotopic (exact) mass is 466 g/mol. The van der Waals surface area contributed by atoms with Crippen LogP contribution in [0.1, 0.15) is 29.3 Å². The van der Waals surface area contributed by atoms with Crippen molar-refractivity contribution in [1.29, 1.82) is 0 Å². The number of alkyl halides is 3. The molecule has 2 heterocycles. The number of likely N-dealkylation sites (tertiary alicyclic amines) is 2. The summed E-state index contributed by atoms with van der Waals surface area (Å²) < 4.78 is 64.1. The van der Waals surface area contributed by atoms with Crippen molar-refractivity contribution in [2.24, 2.45) is 11.3 Å². The fourth-order valence-electron chi connectivity index (χ4n) is 4.39. The molecule has 11 heteroatoms. The van der Waals surface area contributed by atoms with E-state index in [0.717, 1.165) is 38.2 Å². The number of hydrogen-bond donors (Lipinski definition) is 1. The van der Waals surface area contributed by atoms with Gasteiger partial charge in [-0.1, -0.05) is 6.92 Å². The first-order valence-electron chi connectivity index (χ1n) is 10.1. The molecule has 2 aliphatic heterocycles. The average molecular weight is 466 g/mol. The second-order valence-electron chi connectivity index (χ2n) is 8.20. The molecule has 0 bridgehead atoms. The van der Waals surface area contributed by atoms with Crippen LogP contribution < -0.4 is 0 Å². The quantitative estimate of drug-likeness (QED) is 0.690. The molecule has 0 saturated carbocycles. The summed E-state index contributed by atoms with van der Waals surface area (Å²) in [6.07, 6.45) is -4.16. The highest BCUT2D eigenvalue weighted by atomic mass is 19.4. The molecular formula is C21H27F5N2O4. The Kier molecular flexibility index (Phi) is 8.22. The van der Waals surface area contributed by atoms with Crippen molar-refractivity contribution >= 4 is 11.9 Å². The van der Waals surface area contributed by atoms with E-state index >= 15 is 0 Å². The predicted molar refractivity (Wildman–Crippen MR) is 105 cm³/mol. The second kappa shape index (κ2) is 10.1. The molecule has 0 unspecified atom stereocenters. The van der Waals surface area contributed by atoms with Gasteiger partial charge in [0.1, 0.15) is 0 Å². The highest BCUT2D eigenvalue weighted by molar-refractivity contribution is 5.95. The molecule has 32 heavy (non-hydrogen) atoms. The minimum absolute atomic E-state index is 0.0359. The van der Waals surface area contributed by atoms with Crippen LogP contribution in [0.5, 0.6) is 0 Å². The first-order valence-corrected chi connectivity index (χ1v) is 10.1. The van der Waals surface area contributed by atoms with Crippen molar-refractivity contribution in [3.8, 4) is 0 Å². The maximum Gasteiger partial charge on any atom is 0.490 e. The lowest BCUT2D eigenvalue weighted by Crippen LogP contribution is -2.38. The maximum atomic E-state index is 13.6. The number of carboxylic acids is 1. The number of halogens is 5. The van der Waals surface area contributed by atoms with Gasteiger partial charge in [-0.25, -0.2) is 13.6 Å². The van der Waals surface area contributed by atoms with Crippen LogP contribution in [0.3, 0.4) is 0 Å². The number of rotatable bonds is 4. The van der Waals surface area contributed by atoms with E-state index in [-0.39, 0.29) is 16.9 Å². The van der Waals surface area contributed by atoms with Crippen LogP contribution in [0.4, 0.5) is 22.0 Å². The third kappa shape index (κ3) is 5.74. The Morgan fingerprint density at radius 3 is 2.34 bits per heavy atom. The number of methoxy groups -OCH3 is 1. The summed E-state index contributed by atoms with van der Waals surface area (Å²) in [5.74, 6) is -4.46. The lowest BCUT2D eigenvalue weighted by molar-refractivity contribution is -0.192. The van der Waals surface area contributed by atoms with Crippen LogP contribution in [0.25, 0.3) is 0 Å². The minimum atomic E-state index is -5.08. The van der Waals surface area contributed by atoms with Gasteiger partial charge in [0.25, 0.3) is 5.91 Å². The molecule has 2 aliphatic rings. The van der Waals surface area contributed by atoms with Crippen LogP contribution in [-0.2, 0) is 9.53 Å².